The third-order valence-electron chi connectivity index (χ3n) is 4.44. The van der Waals surface area contributed by atoms with E-state index in [9.17, 15) is 9.18 Å². The van der Waals surface area contributed by atoms with Crippen molar-refractivity contribution in [2.75, 3.05) is 19.6 Å². The van der Waals surface area contributed by atoms with E-state index in [0.717, 1.165) is 37.1 Å². The van der Waals surface area contributed by atoms with Gasteiger partial charge in [0.2, 0.25) is 0 Å². The monoisotopic (exact) mass is 278 g/mol. The number of aryl methyl sites for hydroxylation is 1. The van der Waals surface area contributed by atoms with Crippen LogP contribution in [0.4, 0.5) is 9.18 Å². The van der Waals surface area contributed by atoms with Gasteiger partial charge in [-0.1, -0.05) is 6.07 Å². The lowest BCUT2D eigenvalue weighted by molar-refractivity contribution is -0.0496. The summed E-state index contributed by atoms with van der Waals surface area (Å²) in [5.41, 5.74) is 1.51. The Hall–Kier alpha value is -1.62. The summed E-state index contributed by atoms with van der Waals surface area (Å²) in [7, 11) is 0. The summed E-state index contributed by atoms with van der Waals surface area (Å²) in [5.74, 6) is -0.158. The number of carbonyl (C=O) groups excluding carboxylic acids is 1. The highest BCUT2D eigenvalue weighted by Crippen LogP contribution is 2.41. The van der Waals surface area contributed by atoms with Crippen molar-refractivity contribution in [1.29, 1.82) is 0 Å². The lowest BCUT2D eigenvalue weighted by Gasteiger charge is -2.46. The average molecular weight is 278 g/mol. The van der Waals surface area contributed by atoms with Crippen LogP contribution < -0.4 is 10.6 Å². The summed E-state index contributed by atoms with van der Waals surface area (Å²) < 4.78 is 19.0. The molecule has 1 aromatic rings. The highest BCUT2D eigenvalue weighted by molar-refractivity contribution is 5.69. The zero-order chi connectivity index (χ0) is 14.2. The SMILES string of the molecule is Cc1cc(F)ccc1C1CNC(=O)OC12CCNCC2. The third-order valence-corrected chi connectivity index (χ3v) is 4.44. The Kier molecular flexibility index (Phi) is 3.38. The Balaban J connectivity index is 1.98. The predicted octanol–water partition coefficient (Wildman–Crippen LogP) is 2.08. The number of ether oxygens (including phenoxy) is 1. The smallest absolute Gasteiger partial charge is 0.407 e. The maximum Gasteiger partial charge on any atom is 0.407 e. The first kappa shape index (κ1) is 13.4. The molecule has 0 saturated carbocycles. The van der Waals surface area contributed by atoms with Crippen LogP contribution in [0.1, 0.15) is 29.9 Å². The van der Waals surface area contributed by atoms with Crippen molar-refractivity contribution in [1.82, 2.24) is 10.6 Å². The number of alkyl carbamates (subject to hydrolysis) is 1. The molecule has 5 heteroatoms. The minimum absolute atomic E-state index is 0.0721. The highest BCUT2D eigenvalue weighted by Gasteiger charge is 2.47. The number of amides is 1. The molecule has 4 nitrogen and oxygen atoms in total. The minimum Gasteiger partial charge on any atom is -0.442 e. The van der Waals surface area contributed by atoms with Gasteiger partial charge >= 0.3 is 6.09 Å². The number of halogens is 1. The number of benzene rings is 1. The van der Waals surface area contributed by atoms with Gasteiger partial charge in [-0.15, -0.1) is 0 Å². The van der Waals surface area contributed by atoms with E-state index in [1.54, 1.807) is 6.07 Å². The summed E-state index contributed by atoms with van der Waals surface area (Å²) in [6.07, 6.45) is 1.24. The molecule has 1 aromatic carbocycles. The van der Waals surface area contributed by atoms with Crippen LogP contribution in [-0.4, -0.2) is 31.3 Å². The molecule has 1 atom stereocenters. The fourth-order valence-electron chi connectivity index (χ4n) is 3.39. The van der Waals surface area contributed by atoms with Gasteiger partial charge in [0.05, 0.1) is 0 Å². The van der Waals surface area contributed by atoms with Crippen LogP contribution in [0, 0.1) is 12.7 Å². The summed E-state index contributed by atoms with van der Waals surface area (Å²) in [5, 5.41) is 6.06. The fourth-order valence-corrected chi connectivity index (χ4v) is 3.39. The minimum atomic E-state index is -0.462. The normalized spacial score (nSPS) is 25.1. The van der Waals surface area contributed by atoms with E-state index in [1.807, 2.05) is 13.0 Å². The second-order valence-electron chi connectivity index (χ2n) is 5.64. The number of nitrogens with one attached hydrogen (secondary N) is 2. The van der Waals surface area contributed by atoms with Gasteiger partial charge in [-0.05, 0) is 43.3 Å². The molecular formula is C15H19FN2O2. The molecule has 2 aliphatic rings. The molecule has 2 heterocycles. The lowest BCUT2D eigenvalue weighted by atomic mass is 9.74. The first-order chi connectivity index (χ1) is 9.61. The van der Waals surface area contributed by atoms with Crippen LogP contribution in [0.25, 0.3) is 0 Å². The molecule has 2 fully saturated rings. The standard InChI is InChI=1S/C15H19FN2O2/c1-10-8-11(16)2-3-12(10)13-9-18-14(19)20-15(13)4-6-17-7-5-15/h2-3,8,13,17H,4-7,9H2,1H3,(H,18,19). The number of rotatable bonds is 1. The zero-order valence-electron chi connectivity index (χ0n) is 11.5. The maximum atomic E-state index is 13.3. The first-order valence-electron chi connectivity index (χ1n) is 7.04. The highest BCUT2D eigenvalue weighted by atomic mass is 19.1. The summed E-state index contributed by atoms with van der Waals surface area (Å²) >= 11 is 0. The summed E-state index contributed by atoms with van der Waals surface area (Å²) in [6, 6.07) is 4.84. The molecule has 0 aliphatic carbocycles. The number of piperidine rings is 1. The number of hydrogen-bond donors (Lipinski definition) is 2. The topological polar surface area (TPSA) is 50.4 Å². The Morgan fingerprint density at radius 2 is 2.10 bits per heavy atom. The van der Waals surface area contributed by atoms with E-state index in [2.05, 4.69) is 10.6 Å². The average Bonchev–Trinajstić information content (AvgIpc) is 2.41. The molecule has 1 spiro atoms. The Bertz CT molecular complexity index is 527. The zero-order valence-corrected chi connectivity index (χ0v) is 11.5. The Morgan fingerprint density at radius 1 is 1.35 bits per heavy atom. The predicted molar refractivity (Wildman–Crippen MR) is 73.2 cm³/mol. The van der Waals surface area contributed by atoms with Crippen molar-refractivity contribution >= 4 is 6.09 Å². The molecule has 0 radical (unpaired) electrons. The van der Waals surface area contributed by atoms with Crippen LogP contribution in [0.3, 0.4) is 0 Å². The van der Waals surface area contributed by atoms with Crippen molar-refractivity contribution in [3.63, 3.8) is 0 Å². The van der Waals surface area contributed by atoms with E-state index in [-0.39, 0.29) is 17.8 Å². The molecule has 0 bridgehead atoms. The molecule has 2 aliphatic heterocycles. The Labute approximate surface area is 117 Å². The molecule has 2 N–H and O–H groups in total. The van der Waals surface area contributed by atoms with Gasteiger partial charge in [-0.3, -0.25) is 0 Å². The van der Waals surface area contributed by atoms with Gasteiger partial charge in [0.15, 0.2) is 0 Å². The van der Waals surface area contributed by atoms with Crippen molar-refractivity contribution < 1.29 is 13.9 Å². The van der Waals surface area contributed by atoms with Crippen LogP contribution >= 0.6 is 0 Å². The van der Waals surface area contributed by atoms with Crippen molar-refractivity contribution in [2.45, 2.75) is 31.3 Å². The van der Waals surface area contributed by atoms with E-state index < -0.39 is 5.60 Å². The largest absolute Gasteiger partial charge is 0.442 e. The summed E-state index contributed by atoms with van der Waals surface area (Å²) in [6.45, 7) is 4.13. The second-order valence-corrected chi connectivity index (χ2v) is 5.64. The van der Waals surface area contributed by atoms with E-state index in [4.69, 9.17) is 4.74 Å². The van der Waals surface area contributed by atoms with Gasteiger partial charge in [0.1, 0.15) is 11.4 Å². The van der Waals surface area contributed by atoms with Crippen LogP contribution in [0.5, 0.6) is 0 Å². The maximum absolute atomic E-state index is 13.3. The van der Waals surface area contributed by atoms with Crippen LogP contribution in [0.15, 0.2) is 18.2 Å². The van der Waals surface area contributed by atoms with E-state index >= 15 is 0 Å². The molecule has 2 saturated heterocycles. The van der Waals surface area contributed by atoms with Gasteiger partial charge in [-0.2, -0.15) is 0 Å². The van der Waals surface area contributed by atoms with Crippen LogP contribution in [0.2, 0.25) is 0 Å². The Morgan fingerprint density at radius 3 is 2.80 bits per heavy atom. The summed E-state index contributed by atoms with van der Waals surface area (Å²) in [4.78, 5) is 11.6. The molecule has 1 unspecified atom stereocenters. The van der Waals surface area contributed by atoms with E-state index in [0.29, 0.717) is 6.54 Å². The molecule has 20 heavy (non-hydrogen) atoms. The fraction of sp³-hybridized carbons (Fsp3) is 0.533. The van der Waals surface area contributed by atoms with Gasteiger partial charge in [0, 0.05) is 25.3 Å². The third kappa shape index (κ3) is 2.26. The van der Waals surface area contributed by atoms with Gasteiger partial charge in [-0.25, -0.2) is 9.18 Å². The quantitative estimate of drug-likeness (QED) is 0.827. The molecule has 0 aromatic heterocycles. The molecule has 1 amide bonds. The van der Waals surface area contributed by atoms with Crippen LogP contribution in [-0.2, 0) is 4.74 Å². The van der Waals surface area contributed by atoms with Crippen molar-refractivity contribution in [3.05, 3.63) is 35.1 Å². The molecular weight excluding hydrogens is 259 g/mol. The molecule has 3 rings (SSSR count). The number of hydrogen-bond acceptors (Lipinski definition) is 3. The molecule has 108 valence electrons. The van der Waals surface area contributed by atoms with Gasteiger partial charge in [0.25, 0.3) is 0 Å². The lowest BCUT2D eigenvalue weighted by Crippen LogP contribution is -2.57. The van der Waals surface area contributed by atoms with Gasteiger partial charge < -0.3 is 15.4 Å². The van der Waals surface area contributed by atoms with Crippen molar-refractivity contribution in [2.24, 2.45) is 0 Å². The van der Waals surface area contributed by atoms with E-state index in [1.165, 1.54) is 6.07 Å². The number of carbonyl (C=O) groups is 1. The van der Waals surface area contributed by atoms with Crippen molar-refractivity contribution in [3.8, 4) is 0 Å². The second kappa shape index (κ2) is 5.05. The first-order valence-corrected chi connectivity index (χ1v) is 7.04.